The van der Waals surface area contributed by atoms with Crippen molar-refractivity contribution in [1.29, 1.82) is 0 Å². The van der Waals surface area contributed by atoms with Crippen molar-refractivity contribution in [2.24, 2.45) is 0 Å². The molecule has 34 heavy (non-hydrogen) atoms. The minimum Gasteiger partial charge on any atom is -0.385 e. The second-order valence-electron chi connectivity index (χ2n) is 8.63. The van der Waals surface area contributed by atoms with Crippen LogP contribution in [0.15, 0.2) is 78.2 Å². The van der Waals surface area contributed by atoms with Gasteiger partial charge in [0.05, 0.1) is 24.5 Å². The molecule has 3 N–H and O–H groups in total. The third-order valence-electron chi connectivity index (χ3n) is 6.39. The maximum absolute atomic E-state index is 12.6. The van der Waals surface area contributed by atoms with E-state index in [0.29, 0.717) is 5.56 Å². The van der Waals surface area contributed by atoms with Crippen LogP contribution in [-0.2, 0) is 4.74 Å². The summed E-state index contributed by atoms with van der Waals surface area (Å²) >= 11 is 0. The first-order chi connectivity index (χ1) is 16.7. The molecular formula is C28H30N4O2. The minimum atomic E-state index is -0.113. The van der Waals surface area contributed by atoms with Crippen molar-refractivity contribution < 1.29 is 4.74 Å². The molecule has 0 aliphatic carbocycles. The van der Waals surface area contributed by atoms with Gasteiger partial charge >= 0.3 is 0 Å². The fourth-order valence-corrected chi connectivity index (χ4v) is 4.57. The van der Waals surface area contributed by atoms with Crippen molar-refractivity contribution in [3.05, 3.63) is 89.4 Å². The molecule has 6 heteroatoms. The molecular weight excluding hydrogens is 424 g/mol. The van der Waals surface area contributed by atoms with Gasteiger partial charge in [-0.2, -0.15) is 0 Å². The lowest BCUT2D eigenvalue weighted by molar-refractivity contribution is 0.0376. The molecule has 4 aromatic rings. The van der Waals surface area contributed by atoms with Crippen LogP contribution in [0.5, 0.6) is 0 Å². The fraction of sp³-hybridized carbons (Fsp3) is 0.250. The van der Waals surface area contributed by atoms with Crippen LogP contribution in [0.25, 0.3) is 39.0 Å². The Kier molecular flexibility index (Phi) is 6.60. The van der Waals surface area contributed by atoms with Crippen molar-refractivity contribution >= 4 is 16.6 Å². The van der Waals surface area contributed by atoms with E-state index >= 15 is 0 Å². The summed E-state index contributed by atoms with van der Waals surface area (Å²) in [6, 6.07) is 20.2. The number of benzene rings is 2. The smallest absolute Gasteiger partial charge is 0.257 e. The van der Waals surface area contributed by atoms with E-state index in [2.05, 4.69) is 57.1 Å². The number of H-pyrrole nitrogens is 2. The van der Waals surface area contributed by atoms with Crippen LogP contribution in [0.4, 0.5) is 0 Å². The average Bonchev–Trinajstić information content (AvgIpc) is 3.26. The van der Waals surface area contributed by atoms with E-state index < -0.39 is 0 Å². The van der Waals surface area contributed by atoms with Crippen molar-refractivity contribution in [2.75, 3.05) is 39.4 Å². The topological polar surface area (TPSA) is 73.2 Å². The van der Waals surface area contributed by atoms with Gasteiger partial charge in [-0.1, -0.05) is 43.0 Å². The van der Waals surface area contributed by atoms with Gasteiger partial charge in [-0.05, 0) is 48.4 Å². The van der Waals surface area contributed by atoms with E-state index in [0.717, 1.165) is 84.8 Å². The van der Waals surface area contributed by atoms with Crippen LogP contribution in [-0.4, -0.2) is 54.3 Å². The van der Waals surface area contributed by atoms with Crippen LogP contribution >= 0.6 is 0 Å². The lowest BCUT2D eigenvalue weighted by Gasteiger charge is -2.26. The third kappa shape index (κ3) is 4.69. The highest BCUT2D eigenvalue weighted by Gasteiger charge is 2.18. The first kappa shape index (κ1) is 22.2. The molecule has 0 radical (unpaired) electrons. The maximum Gasteiger partial charge on any atom is 0.257 e. The monoisotopic (exact) mass is 454 g/mol. The van der Waals surface area contributed by atoms with Crippen LogP contribution in [0.1, 0.15) is 12.0 Å². The number of hydrogen-bond acceptors (Lipinski definition) is 4. The first-order valence-corrected chi connectivity index (χ1v) is 11.8. The van der Waals surface area contributed by atoms with E-state index in [1.54, 1.807) is 6.20 Å². The predicted molar refractivity (Wildman–Crippen MR) is 139 cm³/mol. The number of morpholine rings is 1. The summed E-state index contributed by atoms with van der Waals surface area (Å²) < 4.78 is 5.42. The standard InChI is InChI=1S/C28H30N4O2/c1-20(29-13-6-14-32-15-17-34-18-16-32)22-10-11-25-24(19-22)26(21-7-3-2-4-8-21)27(31-25)23-9-5-12-30-28(23)33/h2-5,7-12,19,29,31H,1,6,13-18H2,(H,30,33). The summed E-state index contributed by atoms with van der Waals surface area (Å²) in [4.78, 5) is 21.3. The molecule has 0 amide bonds. The van der Waals surface area contributed by atoms with E-state index in [9.17, 15) is 4.79 Å². The number of ether oxygens (including phenoxy) is 1. The van der Waals surface area contributed by atoms with Gasteiger partial charge in [-0.25, -0.2) is 0 Å². The Labute approximate surface area is 199 Å². The Morgan fingerprint density at radius 2 is 1.88 bits per heavy atom. The van der Waals surface area contributed by atoms with Gasteiger partial charge in [0, 0.05) is 48.0 Å². The highest BCUT2D eigenvalue weighted by molar-refractivity contribution is 6.04. The summed E-state index contributed by atoms with van der Waals surface area (Å²) in [6.07, 6.45) is 2.71. The van der Waals surface area contributed by atoms with E-state index in [4.69, 9.17) is 4.74 Å². The molecule has 1 saturated heterocycles. The zero-order chi connectivity index (χ0) is 23.3. The number of pyridine rings is 1. The van der Waals surface area contributed by atoms with Gasteiger partial charge in [0.25, 0.3) is 5.56 Å². The van der Waals surface area contributed by atoms with Gasteiger partial charge < -0.3 is 20.0 Å². The van der Waals surface area contributed by atoms with Crippen LogP contribution in [0, 0.1) is 0 Å². The summed E-state index contributed by atoms with van der Waals surface area (Å²) in [7, 11) is 0. The van der Waals surface area contributed by atoms with Crippen molar-refractivity contribution in [2.45, 2.75) is 6.42 Å². The van der Waals surface area contributed by atoms with E-state index in [1.807, 2.05) is 30.3 Å². The maximum atomic E-state index is 12.6. The normalized spacial score (nSPS) is 14.4. The van der Waals surface area contributed by atoms with E-state index in [1.165, 1.54) is 0 Å². The highest BCUT2D eigenvalue weighted by atomic mass is 16.5. The van der Waals surface area contributed by atoms with Crippen LogP contribution in [0.3, 0.4) is 0 Å². The molecule has 0 spiro atoms. The summed E-state index contributed by atoms with van der Waals surface area (Å²) in [6.45, 7) is 9.91. The van der Waals surface area contributed by atoms with Gasteiger partial charge in [0.15, 0.2) is 0 Å². The lowest BCUT2D eigenvalue weighted by atomic mass is 9.97. The van der Waals surface area contributed by atoms with Gasteiger partial charge in [0.2, 0.25) is 0 Å². The van der Waals surface area contributed by atoms with Gasteiger partial charge in [-0.3, -0.25) is 9.69 Å². The highest BCUT2D eigenvalue weighted by Crippen LogP contribution is 2.38. The number of nitrogens with one attached hydrogen (secondary N) is 3. The predicted octanol–water partition coefficient (Wildman–Crippen LogP) is 4.47. The number of nitrogens with zero attached hydrogens (tertiary/aromatic N) is 1. The second-order valence-corrected chi connectivity index (χ2v) is 8.63. The number of hydrogen-bond donors (Lipinski definition) is 3. The van der Waals surface area contributed by atoms with Gasteiger partial charge in [-0.15, -0.1) is 0 Å². The molecule has 174 valence electrons. The number of aromatic nitrogens is 2. The fourth-order valence-electron chi connectivity index (χ4n) is 4.57. The van der Waals surface area contributed by atoms with Crippen molar-refractivity contribution in [3.8, 4) is 22.4 Å². The largest absolute Gasteiger partial charge is 0.385 e. The molecule has 1 aliphatic heterocycles. The zero-order valence-electron chi connectivity index (χ0n) is 19.3. The Morgan fingerprint density at radius 3 is 2.68 bits per heavy atom. The summed E-state index contributed by atoms with van der Waals surface area (Å²) in [5, 5.41) is 4.56. The first-order valence-electron chi connectivity index (χ1n) is 11.8. The second kappa shape index (κ2) is 10.1. The molecule has 3 heterocycles. The summed E-state index contributed by atoms with van der Waals surface area (Å²) in [5.74, 6) is 0. The Morgan fingerprint density at radius 1 is 1.06 bits per heavy atom. The van der Waals surface area contributed by atoms with Gasteiger partial charge in [0.1, 0.15) is 0 Å². The van der Waals surface area contributed by atoms with Crippen molar-refractivity contribution in [3.63, 3.8) is 0 Å². The molecule has 0 bridgehead atoms. The van der Waals surface area contributed by atoms with Crippen molar-refractivity contribution in [1.82, 2.24) is 20.2 Å². The van der Waals surface area contributed by atoms with Crippen LogP contribution < -0.4 is 10.9 Å². The average molecular weight is 455 g/mol. The number of aromatic amines is 2. The Balaban J connectivity index is 1.42. The molecule has 1 aliphatic rings. The molecule has 0 saturated carbocycles. The molecule has 2 aromatic heterocycles. The minimum absolute atomic E-state index is 0.113. The third-order valence-corrected chi connectivity index (χ3v) is 6.39. The Bertz CT molecular complexity index is 1330. The molecule has 5 rings (SSSR count). The van der Waals surface area contributed by atoms with Crippen LogP contribution in [0.2, 0.25) is 0 Å². The van der Waals surface area contributed by atoms with E-state index in [-0.39, 0.29) is 5.56 Å². The molecule has 2 aromatic carbocycles. The zero-order valence-corrected chi connectivity index (χ0v) is 19.3. The lowest BCUT2D eigenvalue weighted by Crippen LogP contribution is -2.37. The molecule has 0 unspecified atom stereocenters. The Hall–Kier alpha value is -3.61. The molecule has 0 atom stereocenters. The number of fused-ring (bicyclic) bond motifs is 1. The summed E-state index contributed by atoms with van der Waals surface area (Å²) in [5.41, 5.74) is 6.36. The molecule has 6 nitrogen and oxygen atoms in total. The SMILES string of the molecule is C=C(NCCCN1CCOCC1)c1ccc2[nH]c(-c3ccc[nH]c3=O)c(-c3ccccc3)c2c1. The number of rotatable bonds is 8. The quantitative estimate of drug-likeness (QED) is 0.344. The molecule has 1 fully saturated rings.